The van der Waals surface area contributed by atoms with Crippen molar-refractivity contribution >= 4 is 28.7 Å². The van der Waals surface area contributed by atoms with Crippen molar-refractivity contribution in [3.63, 3.8) is 0 Å². The molecule has 8 nitrogen and oxygen atoms in total. The first-order valence-electron chi connectivity index (χ1n) is 14.1. The van der Waals surface area contributed by atoms with Gasteiger partial charge < -0.3 is 24.4 Å². The minimum absolute atomic E-state index is 0.224. The van der Waals surface area contributed by atoms with Gasteiger partial charge in [-0.1, -0.05) is 59.7 Å². The average molecular weight is 578 g/mol. The Morgan fingerprint density at radius 2 is 1.65 bits per heavy atom. The van der Waals surface area contributed by atoms with Crippen LogP contribution >= 0.6 is 0 Å². The maximum atomic E-state index is 14.0. The summed E-state index contributed by atoms with van der Waals surface area (Å²) in [5.41, 5.74) is 5.96. The zero-order valence-electron chi connectivity index (χ0n) is 24.7. The number of nitrogens with zero attached hydrogens (tertiary/aromatic N) is 1. The van der Waals surface area contributed by atoms with Crippen molar-refractivity contribution < 1.29 is 23.5 Å². The van der Waals surface area contributed by atoms with Crippen LogP contribution in [0.2, 0.25) is 0 Å². The second kappa shape index (κ2) is 12.8. The highest BCUT2D eigenvalue weighted by Gasteiger charge is 2.32. The number of aryl methyl sites for hydroxylation is 2. The lowest BCUT2D eigenvalue weighted by atomic mass is 9.99. The SMILES string of the molecule is COC(=O)[C@H](Cc1c[nH]c2ccccc12)NC(=O)[C@H](Cc1ccc(-c2ccco2)cc1)N(C)C(=O)c1cc(C)cc(C)c1. The van der Waals surface area contributed by atoms with Gasteiger partial charge in [0.25, 0.3) is 5.91 Å². The van der Waals surface area contributed by atoms with E-state index in [1.165, 1.54) is 12.0 Å². The smallest absolute Gasteiger partial charge is 0.328 e. The topological polar surface area (TPSA) is 105 Å². The van der Waals surface area contributed by atoms with Crippen molar-refractivity contribution in [3.05, 3.63) is 119 Å². The number of benzene rings is 3. The number of amides is 2. The highest BCUT2D eigenvalue weighted by Crippen LogP contribution is 2.23. The second-order valence-electron chi connectivity index (χ2n) is 10.8. The molecule has 0 fully saturated rings. The van der Waals surface area contributed by atoms with Crippen molar-refractivity contribution in [1.82, 2.24) is 15.2 Å². The van der Waals surface area contributed by atoms with Gasteiger partial charge in [0.15, 0.2) is 0 Å². The van der Waals surface area contributed by atoms with Crippen LogP contribution in [0.15, 0.2) is 95.7 Å². The number of rotatable bonds is 10. The van der Waals surface area contributed by atoms with E-state index < -0.39 is 24.0 Å². The van der Waals surface area contributed by atoms with E-state index >= 15 is 0 Å². The van der Waals surface area contributed by atoms with Crippen LogP contribution in [0.3, 0.4) is 0 Å². The van der Waals surface area contributed by atoms with Crippen LogP contribution in [0, 0.1) is 13.8 Å². The van der Waals surface area contributed by atoms with Crippen LogP contribution in [0.1, 0.15) is 32.6 Å². The quantitative estimate of drug-likeness (QED) is 0.210. The number of aromatic amines is 1. The molecule has 0 aliphatic heterocycles. The number of ether oxygens (including phenoxy) is 1. The number of likely N-dealkylation sites (N-methyl/N-ethyl adjacent to an activating group) is 1. The van der Waals surface area contributed by atoms with Gasteiger partial charge in [0.05, 0.1) is 13.4 Å². The van der Waals surface area contributed by atoms with E-state index in [0.717, 1.165) is 44.5 Å². The highest BCUT2D eigenvalue weighted by atomic mass is 16.5. The number of nitrogens with one attached hydrogen (secondary N) is 2. The largest absolute Gasteiger partial charge is 0.467 e. The zero-order valence-corrected chi connectivity index (χ0v) is 24.7. The fourth-order valence-electron chi connectivity index (χ4n) is 5.44. The van der Waals surface area contributed by atoms with Gasteiger partial charge in [0, 0.05) is 48.1 Å². The lowest BCUT2D eigenvalue weighted by molar-refractivity contribution is -0.145. The number of hydrogen-bond donors (Lipinski definition) is 2. The van der Waals surface area contributed by atoms with Crippen molar-refractivity contribution in [2.75, 3.05) is 14.2 Å². The van der Waals surface area contributed by atoms with Gasteiger partial charge in [0.1, 0.15) is 17.8 Å². The number of hydrogen-bond acceptors (Lipinski definition) is 5. The molecule has 8 heteroatoms. The normalized spacial score (nSPS) is 12.5. The summed E-state index contributed by atoms with van der Waals surface area (Å²) >= 11 is 0. The first-order chi connectivity index (χ1) is 20.7. The maximum absolute atomic E-state index is 14.0. The molecule has 5 aromatic rings. The fourth-order valence-corrected chi connectivity index (χ4v) is 5.44. The van der Waals surface area contributed by atoms with Gasteiger partial charge in [-0.15, -0.1) is 0 Å². The summed E-state index contributed by atoms with van der Waals surface area (Å²) < 4.78 is 10.6. The monoisotopic (exact) mass is 577 g/mol. The fraction of sp³-hybridized carbons (Fsp3) is 0.229. The van der Waals surface area contributed by atoms with Crippen LogP contribution in [0.25, 0.3) is 22.2 Å². The summed E-state index contributed by atoms with van der Waals surface area (Å²) in [5, 5.41) is 3.86. The standard InChI is InChI=1S/C35H35N3O5/c1-22-16-23(2)18-26(17-22)34(40)38(3)31(19-24-11-13-25(14-12-24)32-10-7-15-43-32)33(39)37-30(35(41)42-4)20-27-21-36-29-9-6-5-8-28(27)29/h5-18,21,30-31,36H,19-20H2,1-4H3,(H,37,39)/t30-,31-/m0/s1. The summed E-state index contributed by atoms with van der Waals surface area (Å²) in [6.07, 6.45) is 3.91. The Labute approximate surface area is 250 Å². The molecule has 2 N–H and O–H groups in total. The van der Waals surface area contributed by atoms with Gasteiger partial charge in [-0.05, 0) is 55.3 Å². The summed E-state index contributed by atoms with van der Waals surface area (Å²) in [6.45, 7) is 3.86. The number of H-pyrrole nitrogens is 1. The third kappa shape index (κ3) is 6.70. The van der Waals surface area contributed by atoms with Crippen molar-refractivity contribution in [3.8, 4) is 11.3 Å². The van der Waals surface area contributed by atoms with Gasteiger partial charge in [-0.3, -0.25) is 9.59 Å². The number of methoxy groups -OCH3 is 1. The number of esters is 1. The molecule has 3 aromatic carbocycles. The number of furan rings is 1. The number of carbonyl (C=O) groups is 3. The molecule has 0 aliphatic carbocycles. The highest BCUT2D eigenvalue weighted by molar-refractivity contribution is 5.98. The van der Waals surface area contributed by atoms with E-state index in [-0.39, 0.29) is 18.7 Å². The van der Waals surface area contributed by atoms with Crippen LogP contribution in [-0.2, 0) is 27.2 Å². The molecule has 0 saturated carbocycles. The molecule has 5 rings (SSSR count). The lowest BCUT2D eigenvalue weighted by Crippen LogP contribution is -2.53. The predicted molar refractivity (Wildman–Crippen MR) is 166 cm³/mol. The molecule has 2 heterocycles. The molecule has 0 spiro atoms. The predicted octanol–water partition coefficient (Wildman–Crippen LogP) is 5.63. The molecule has 2 amide bonds. The van der Waals surface area contributed by atoms with Crippen molar-refractivity contribution in [1.29, 1.82) is 0 Å². The van der Waals surface area contributed by atoms with Crippen molar-refractivity contribution in [2.45, 2.75) is 38.8 Å². The van der Waals surface area contributed by atoms with E-state index in [9.17, 15) is 14.4 Å². The molecule has 0 unspecified atom stereocenters. The first kappa shape index (κ1) is 29.4. The number of fused-ring (bicyclic) bond motifs is 1. The number of aromatic nitrogens is 1. The third-order valence-corrected chi connectivity index (χ3v) is 7.65. The molecule has 2 atom stereocenters. The summed E-state index contributed by atoms with van der Waals surface area (Å²) in [5.74, 6) is -0.569. The first-order valence-corrected chi connectivity index (χ1v) is 14.1. The molecular formula is C35H35N3O5. The molecule has 0 radical (unpaired) electrons. The minimum Gasteiger partial charge on any atom is -0.467 e. The van der Waals surface area contributed by atoms with Crippen molar-refractivity contribution in [2.24, 2.45) is 0 Å². The molecule has 220 valence electrons. The lowest BCUT2D eigenvalue weighted by Gasteiger charge is -2.29. The molecule has 0 saturated heterocycles. The van der Waals surface area contributed by atoms with E-state index in [0.29, 0.717) is 5.56 Å². The Hall–Kier alpha value is -5.11. The molecule has 43 heavy (non-hydrogen) atoms. The van der Waals surface area contributed by atoms with Crippen LogP contribution in [-0.4, -0.2) is 53.9 Å². The molecule has 2 aromatic heterocycles. The van der Waals surface area contributed by atoms with Gasteiger partial charge >= 0.3 is 5.97 Å². The Morgan fingerprint density at radius 3 is 2.33 bits per heavy atom. The number of para-hydroxylation sites is 1. The Kier molecular flexibility index (Phi) is 8.76. The summed E-state index contributed by atoms with van der Waals surface area (Å²) in [7, 11) is 2.92. The zero-order chi connectivity index (χ0) is 30.5. The van der Waals surface area contributed by atoms with Gasteiger partial charge in [-0.25, -0.2) is 4.79 Å². The Bertz CT molecular complexity index is 1720. The molecular weight excluding hydrogens is 542 g/mol. The molecule has 0 bridgehead atoms. The van der Waals surface area contributed by atoms with E-state index in [2.05, 4.69) is 10.3 Å². The molecule has 0 aliphatic rings. The average Bonchev–Trinajstić information content (AvgIpc) is 3.69. The van der Waals surface area contributed by atoms with E-state index in [1.807, 2.05) is 98.9 Å². The van der Waals surface area contributed by atoms with Gasteiger partial charge in [-0.2, -0.15) is 0 Å². The summed E-state index contributed by atoms with van der Waals surface area (Å²) in [4.78, 5) is 45.3. The van der Waals surface area contributed by atoms with Crippen LogP contribution < -0.4 is 5.32 Å². The maximum Gasteiger partial charge on any atom is 0.328 e. The summed E-state index contributed by atoms with van der Waals surface area (Å²) in [6, 6.07) is 22.9. The minimum atomic E-state index is -0.953. The van der Waals surface area contributed by atoms with Crippen LogP contribution in [0.5, 0.6) is 0 Å². The number of carbonyl (C=O) groups excluding carboxylic acids is 3. The Balaban J connectivity index is 1.43. The second-order valence-corrected chi connectivity index (χ2v) is 10.8. The van der Waals surface area contributed by atoms with Gasteiger partial charge in [0.2, 0.25) is 5.91 Å². The van der Waals surface area contributed by atoms with Crippen LogP contribution in [0.4, 0.5) is 0 Å². The van der Waals surface area contributed by atoms with E-state index in [1.54, 1.807) is 13.3 Å². The Morgan fingerprint density at radius 1 is 0.930 bits per heavy atom. The van der Waals surface area contributed by atoms with E-state index in [4.69, 9.17) is 9.15 Å². The third-order valence-electron chi connectivity index (χ3n) is 7.65.